The molecule has 4 rings (SSSR count). The summed E-state index contributed by atoms with van der Waals surface area (Å²) in [5.41, 5.74) is 0. The third kappa shape index (κ3) is 3.73. The molecule has 0 bridgehead atoms. The summed E-state index contributed by atoms with van der Waals surface area (Å²) in [5.74, 6) is 2.05. The van der Waals surface area contributed by atoms with E-state index >= 15 is 0 Å². The Kier molecular flexibility index (Phi) is 4.94. The third-order valence-electron chi connectivity index (χ3n) is 5.58. The zero-order valence-electron chi connectivity index (χ0n) is 15.3. The van der Waals surface area contributed by atoms with E-state index < -0.39 is 0 Å². The summed E-state index contributed by atoms with van der Waals surface area (Å²) in [6.07, 6.45) is 5.38. The Morgan fingerprint density at radius 2 is 2.22 bits per heavy atom. The number of anilines is 1. The predicted octanol–water partition coefficient (Wildman–Crippen LogP) is 1.47. The second-order valence-corrected chi connectivity index (χ2v) is 8.05. The summed E-state index contributed by atoms with van der Waals surface area (Å²) in [5, 5.41) is 18.1. The van der Waals surface area contributed by atoms with Crippen molar-refractivity contribution in [2.24, 2.45) is 11.8 Å². The van der Waals surface area contributed by atoms with Crippen molar-refractivity contribution in [1.82, 2.24) is 35.5 Å². The Balaban J connectivity index is 1.46. The van der Waals surface area contributed by atoms with Crippen molar-refractivity contribution in [3.05, 3.63) is 18.1 Å². The van der Waals surface area contributed by atoms with Gasteiger partial charge in [0.15, 0.2) is 11.6 Å². The number of aryl methyl sites for hydroxylation is 1. The molecular formula is C17H23ClN8O. The number of nitrogens with zero attached hydrogens (tertiary/aromatic N) is 6. The van der Waals surface area contributed by atoms with Crippen LogP contribution in [0.15, 0.2) is 12.3 Å². The standard InChI is InChI=1S/C17H23ClN8O/c1-9(13-8-11-7-12(18)3-4-14(11)21-16(13)27)20-17-19-6-5-15(22-17)26-10(2)23-24-25-26/h5-6,9,11-14H,3-4,7-8H2,1-2H3,(H,21,27)(H,19,20,22)/t9-,11?,12?,13?,14?/m0/s1. The zero-order valence-corrected chi connectivity index (χ0v) is 16.1. The third-order valence-corrected chi connectivity index (χ3v) is 5.98. The number of hydrogen-bond acceptors (Lipinski definition) is 7. The molecule has 10 heteroatoms. The normalized spacial score (nSPS) is 28.9. The van der Waals surface area contributed by atoms with E-state index in [0.29, 0.717) is 23.5 Å². The van der Waals surface area contributed by atoms with E-state index in [0.717, 1.165) is 25.7 Å². The molecule has 2 N–H and O–H groups in total. The molecule has 0 radical (unpaired) electrons. The van der Waals surface area contributed by atoms with Crippen molar-refractivity contribution in [2.75, 3.05) is 5.32 Å². The van der Waals surface area contributed by atoms with Gasteiger partial charge in [-0.2, -0.15) is 9.67 Å². The Morgan fingerprint density at radius 3 is 3.00 bits per heavy atom. The number of carbonyl (C=O) groups is 1. The van der Waals surface area contributed by atoms with E-state index in [1.807, 2.05) is 6.92 Å². The van der Waals surface area contributed by atoms with Crippen LogP contribution in [-0.2, 0) is 4.79 Å². The van der Waals surface area contributed by atoms with E-state index in [1.165, 1.54) is 4.68 Å². The molecule has 1 amide bonds. The monoisotopic (exact) mass is 390 g/mol. The summed E-state index contributed by atoms with van der Waals surface area (Å²) >= 11 is 6.34. The predicted molar refractivity (Wildman–Crippen MR) is 99.6 cm³/mol. The molecule has 27 heavy (non-hydrogen) atoms. The Labute approximate surface area is 162 Å². The number of tetrazole rings is 1. The van der Waals surface area contributed by atoms with Gasteiger partial charge < -0.3 is 10.6 Å². The molecule has 9 nitrogen and oxygen atoms in total. The van der Waals surface area contributed by atoms with Crippen LogP contribution >= 0.6 is 11.6 Å². The van der Waals surface area contributed by atoms with E-state index in [9.17, 15) is 4.79 Å². The number of fused-ring (bicyclic) bond motifs is 1. The fraction of sp³-hybridized carbons (Fsp3) is 0.647. The molecule has 1 saturated heterocycles. The van der Waals surface area contributed by atoms with Gasteiger partial charge in [0.25, 0.3) is 0 Å². The van der Waals surface area contributed by atoms with E-state index in [2.05, 4.69) is 36.1 Å². The minimum atomic E-state index is -0.143. The van der Waals surface area contributed by atoms with Crippen molar-refractivity contribution in [2.45, 2.75) is 57.0 Å². The lowest BCUT2D eigenvalue weighted by Crippen LogP contribution is -2.55. The van der Waals surface area contributed by atoms with Gasteiger partial charge in [0.2, 0.25) is 11.9 Å². The second kappa shape index (κ2) is 7.38. The van der Waals surface area contributed by atoms with Crippen LogP contribution in [0.2, 0.25) is 0 Å². The van der Waals surface area contributed by atoms with Crippen molar-refractivity contribution < 1.29 is 4.79 Å². The first kappa shape index (κ1) is 18.1. The Bertz CT molecular complexity index is 827. The molecule has 0 spiro atoms. The first-order chi connectivity index (χ1) is 13.0. The average molecular weight is 391 g/mol. The molecule has 1 aliphatic heterocycles. The SMILES string of the molecule is Cc1nnnn1-c1ccnc(N[C@@H](C)C2CC3CC(Cl)CCC3NC2=O)n1. The molecule has 2 aromatic heterocycles. The van der Waals surface area contributed by atoms with Crippen LogP contribution in [0, 0.1) is 18.8 Å². The number of hydrogen-bond donors (Lipinski definition) is 2. The number of aromatic nitrogens is 6. The highest BCUT2D eigenvalue weighted by Gasteiger charge is 2.41. The van der Waals surface area contributed by atoms with Gasteiger partial charge in [-0.15, -0.1) is 16.7 Å². The number of nitrogens with one attached hydrogen (secondary N) is 2. The summed E-state index contributed by atoms with van der Waals surface area (Å²) in [7, 11) is 0. The minimum absolute atomic E-state index is 0.0942. The lowest BCUT2D eigenvalue weighted by atomic mass is 9.74. The molecule has 1 saturated carbocycles. The number of carbonyl (C=O) groups excluding carboxylic acids is 1. The van der Waals surface area contributed by atoms with Crippen LogP contribution in [0.5, 0.6) is 0 Å². The highest BCUT2D eigenvalue weighted by atomic mass is 35.5. The Hall–Kier alpha value is -2.29. The summed E-state index contributed by atoms with van der Waals surface area (Å²) in [6.45, 7) is 3.79. The molecule has 1 aliphatic carbocycles. The maximum Gasteiger partial charge on any atom is 0.225 e. The van der Waals surface area contributed by atoms with Gasteiger partial charge in [-0.25, -0.2) is 4.98 Å². The average Bonchev–Trinajstić information content (AvgIpc) is 3.07. The van der Waals surface area contributed by atoms with Gasteiger partial charge in [-0.1, -0.05) is 0 Å². The maximum absolute atomic E-state index is 12.6. The van der Waals surface area contributed by atoms with Crippen LogP contribution in [0.4, 0.5) is 5.95 Å². The van der Waals surface area contributed by atoms with Gasteiger partial charge in [0.1, 0.15) is 0 Å². The highest BCUT2D eigenvalue weighted by molar-refractivity contribution is 6.20. The molecule has 2 fully saturated rings. The number of amides is 1. The van der Waals surface area contributed by atoms with E-state index in [4.69, 9.17) is 11.6 Å². The summed E-state index contributed by atoms with van der Waals surface area (Å²) < 4.78 is 1.54. The molecule has 2 aromatic rings. The number of piperidine rings is 1. The number of halogens is 1. The van der Waals surface area contributed by atoms with Crippen LogP contribution < -0.4 is 10.6 Å². The van der Waals surface area contributed by atoms with Crippen LogP contribution in [0.3, 0.4) is 0 Å². The van der Waals surface area contributed by atoms with Crippen molar-refractivity contribution in [1.29, 1.82) is 0 Å². The summed E-state index contributed by atoms with van der Waals surface area (Å²) in [6, 6.07) is 1.89. The Morgan fingerprint density at radius 1 is 1.37 bits per heavy atom. The quantitative estimate of drug-likeness (QED) is 0.760. The van der Waals surface area contributed by atoms with E-state index in [1.54, 1.807) is 19.2 Å². The number of rotatable bonds is 4. The summed E-state index contributed by atoms with van der Waals surface area (Å²) in [4.78, 5) is 21.4. The largest absolute Gasteiger partial charge is 0.353 e. The van der Waals surface area contributed by atoms with Gasteiger partial charge in [0.05, 0.1) is 5.92 Å². The van der Waals surface area contributed by atoms with E-state index in [-0.39, 0.29) is 29.3 Å². The number of alkyl halides is 1. The maximum atomic E-state index is 12.6. The van der Waals surface area contributed by atoms with Crippen LogP contribution in [-0.4, -0.2) is 53.5 Å². The van der Waals surface area contributed by atoms with Crippen LogP contribution in [0.1, 0.15) is 38.4 Å². The molecule has 4 unspecified atom stereocenters. The van der Waals surface area contributed by atoms with Crippen molar-refractivity contribution >= 4 is 23.5 Å². The first-order valence-corrected chi connectivity index (χ1v) is 9.74. The molecule has 3 heterocycles. The van der Waals surface area contributed by atoms with Gasteiger partial charge >= 0.3 is 0 Å². The molecule has 5 atom stereocenters. The smallest absolute Gasteiger partial charge is 0.225 e. The van der Waals surface area contributed by atoms with Gasteiger partial charge in [-0.3, -0.25) is 4.79 Å². The van der Waals surface area contributed by atoms with Crippen molar-refractivity contribution in [3.8, 4) is 5.82 Å². The lowest BCUT2D eigenvalue weighted by molar-refractivity contribution is -0.130. The highest BCUT2D eigenvalue weighted by Crippen LogP contribution is 2.36. The molecule has 0 aromatic carbocycles. The van der Waals surface area contributed by atoms with Gasteiger partial charge in [0, 0.05) is 29.7 Å². The topological polar surface area (TPSA) is 111 Å². The second-order valence-electron chi connectivity index (χ2n) is 7.44. The first-order valence-electron chi connectivity index (χ1n) is 9.30. The molecule has 144 valence electrons. The minimum Gasteiger partial charge on any atom is -0.353 e. The lowest BCUT2D eigenvalue weighted by Gasteiger charge is -2.42. The van der Waals surface area contributed by atoms with Gasteiger partial charge in [-0.05, 0) is 55.9 Å². The van der Waals surface area contributed by atoms with Crippen molar-refractivity contribution in [3.63, 3.8) is 0 Å². The fourth-order valence-corrected chi connectivity index (χ4v) is 4.45. The van der Waals surface area contributed by atoms with Crippen LogP contribution in [0.25, 0.3) is 5.82 Å². The fourth-order valence-electron chi connectivity index (χ4n) is 4.10. The zero-order chi connectivity index (χ0) is 19.0. The molecular weight excluding hydrogens is 368 g/mol. The molecule has 2 aliphatic rings.